The molecule has 0 amide bonds. The number of benzene rings is 3. The van der Waals surface area contributed by atoms with Crippen LogP contribution in [0.4, 0.5) is 0 Å². The minimum atomic E-state index is -2.22. The van der Waals surface area contributed by atoms with Gasteiger partial charge in [0.15, 0.2) is 0 Å². The Morgan fingerprint density at radius 1 is 0.500 bits per heavy atom. The second-order valence-electron chi connectivity index (χ2n) is 8.67. The summed E-state index contributed by atoms with van der Waals surface area (Å²) in [6, 6.07) is 32.9. The zero-order valence-electron chi connectivity index (χ0n) is 18.7. The third-order valence-electron chi connectivity index (χ3n) is 6.95. The molecule has 0 unspecified atom stereocenters. The number of nitrogens with zero attached hydrogens (tertiary/aromatic N) is 3. The molecule has 0 aliphatic heterocycles. The van der Waals surface area contributed by atoms with Gasteiger partial charge in [0, 0.05) is 60.7 Å². The van der Waals surface area contributed by atoms with Gasteiger partial charge in [-0.1, -0.05) is 60.9 Å². The SMILES string of the molecule is C=P(c1cc2ccccc2n1C)(c1cc2ccccc2n1C)c1cc2ccccc2n1C. The van der Waals surface area contributed by atoms with E-state index in [0.717, 1.165) is 0 Å². The van der Waals surface area contributed by atoms with Crippen LogP contribution in [-0.2, 0) is 21.1 Å². The highest BCUT2D eigenvalue weighted by molar-refractivity contribution is 7.93. The summed E-state index contributed by atoms with van der Waals surface area (Å²) in [7, 11) is 6.55. The standard InChI is InChI=1S/C28H26N3P/c1-29-23-14-8-5-11-20(23)17-26(29)32(4,27-18-21-12-6-9-15-24(21)30(27)2)28-19-22-13-7-10-16-25(22)31(28)3/h5-19H,4H2,1-3H3. The lowest BCUT2D eigenvalue weighted by Crippen LogP contribution is -2.34. The molecule has 0 saturated heterocycles. The summed E-state index contributed by atoms with van der Waals surface area (Å²) in [5.74, 6) is 0. The molecule has 0 aliphatic carbocycles. The van der Waals surface area contributed by atoms with Crippen molar-refractivity contribution in [1.82, 2.24) is 13.7 Å². The molecule has 3 heterocycles. The van der Waals surface area contributed by atoms with Crippen molar-refractivity contribution in [1.29, 1.82) is 0 Å². The summed E-state index contributed by atoms with van der Waals surface area (Å²) in [5.41, 5.74) is 7.59. The van der Waals surface area contributed by atoms with E-state index in [1.807, 2.05) is 0 Å². The fourth-order valence-corrected chi connectivity index (χ4v) is 8.92. The maximum atomic E-state index is 5.10. The summed E-state index contributed by atoms with van der Waals surface area (Å²) in [6.07, 6.45) is 5.10. The lowest BCUT2D eigenvalue weighted by molar-refractivity contribution is 0.983. The molecule has 3 aromatic carbocycles. The van der Waals surface area contributed by atoms with Gasteiger partial charge in [-0.3, -0.25) is 0 Å². The normalized spacial score (nSPS) is 12.3. The first-order valence-corrected chi connectivity index (χ1v) is 12.9. The average molecular weight is 436 g/mol. The molecule has 0 radical (unpaired) electrons. The van der Waals surface area contributed by atoms with Crippen molar-refractivity contribution in [2.24, 2.45) is 21.1 Å². The van der Waals surface area contributed by atoms with Gasteiger partial charge in [0.05, 0.1) is 16.3 Å². The van der Waals surface area contributed by atoms with E-state index >= 15 is 0 Å². The number of rotatable bonds is 3. The number of para-hydroxylation sites is 3. The van der Waals surface area contributed by atoms with Crippen molar-refractivity contribution >= 4 is 62.2 Å². The molecule has 0 bridgehead atoms. The van der Waals surface area contributed by atoms with Crippen LogP contribution in [0.15, 0.2) is 91.0 Å². The van der Waals surface area contributed by atoms with Crippen molar-refractivity contribution < 1.29 is 0 Å². The zero-order valence-corrected chi connectivity index (χ0v) is 19.6. The molecule has 6 aromatic rings. The molecule has 0 spiro atoms. The van der Waals surface area contributed by atoms with Gasteiger partial charge in [-0.25, -0.2) is 0 Å². The van der Waals surface area contributed by atoms with Crippen molar-refractivity contribution in [3.05, 3.63) is 91.0 Å². The van der Waals surface area contributed by atoms with Crippen LogP contribution in [0.3, 0.4) is 0 Å². The smallest absolute Gasteiger partial charge is 0.0523 e. The average Bonchev–Trinajstić information content (AvgIpc) is 3.46. The third-order valence-corrected chi connectivity index (χ3v) is 10.6. The van der Waals surface area contributed by atoms with Crippen LogP contribution in [0.1, 0.15) is 0 Å². The van der Waals surface area contributed by atoms with E-state index in [2.05, 4.69) is 126 Å². The maximum Gasteiger partial charge on any atom is 0.0523 e. The maximum absolute atomic E-state index is 5.10. The second-order valence-corrected chi connectivity index (χ2v) is 11.7. The van der Waals surface area contributed by atoms with Gasteiger partial charge in [-0.05, 0) is 36.4 Å². The molecule has 3 nitrogen and oxygen atoms in total. The number of aromatic nitrogens is 3. The predicted molar refractivity (Wildman–Crippen MR) is 142 cm³/mol. The Morgan fingerprint density at radius 3 is 1.06 bits per heavy atom. The highest BCUT2D eigenvalue weighted by Crippen LogP contribution is 2.45. The first-order valence-electron chi connectivity index (χ1n) is 10.9. The van der Waals surface area contributed by atoms with Gasteiger partial charge >= 0.3 is 0 Å². The molecule has 158 valence electrons. The van der Waals surface area contributed by atoms with E-state index < -0.39 is 6.89 Å². The molecule has 0 fully saturated rings. The minimum absolute atomic E-state index is 1.24. The fraction of sp³-hybridized carbons (Fsp3) is 0.107. The van der Waals surface area contributed by atoms with Gasteiger partial charge in [-0.2, -0.15) is 0 Å². The lowest BCUT2D eigenvalue weighted by Gasteiger charge is -2.27. The monoisotopic (exact) mass is 435 g/mol. The molecular weight excluding hydrogens is 409 g/mol. The number of hydrogen-bond donors (Lipinski definition) is 0. The van der Waals surface area contributed by atoms with E-state index in [1.165, 1.54) is 49.0 Å². The molecule has 32 heavy (non-hydrogen) atoms. The van der Waals surface area contributed by atoms with Gasteiger partial charge in [0.1, 0.15) is 0 Å². The van der Waals surface area contributed by atoms with Crippen molar-refractivity contribution in [2.45, 2.75) is 0 Å². The Bertz CT molecular complexity index is 1490. The van der Waals surface area contributed by atoms with E-state index in [-0.39, 0.29) is 0 Å². The highest BCUT2D eigenvalue weighted by Gasteiger charge is 2.32. The predicted octanol–water partition coefficient (Wildman–Crippen LogP) is 4.89. The van der Waals surface area contributed by atoms with Crippen LogP contribution in [0, 0.1) is 0 Å². The van der Waals surface area contributed by atoms with Crippen LogP contribution in [0.25, 0.3) is 32.7 Å². The Morgan fingerprint density at radius 2 is 0.781 bits per heavy atom. The van der Waals surface area contributed by atoms with Gasteiger partial charge in [0.25, 0.3) is 0 Å². The van der Waals surface area contributed by atoms with Crippen LogP contribution in [0.5, 0.6) is 0 Å². The van der Waals surface area contributed by atoms with E-state index in [9.17, 15) is 0 Å². The van der Waals surface area contributed by atoms with Crippen LogP contribution in [-0.4, -0.2) is 20.0 Å². The largest absolute Gasteiger partial charge is 0.343 e. The first-order chi connectivity index (χ1) is 15.5. The van der Waals surface area contributed by atoms with Crippen molar-refractivity contribution in [3.8, 4) is 0 Å². The molecule has 0 aliphatic rings. The summed E-state index contributed by atoms with van der Waals surface area (Å²) in [6.45, 7) is -2.22. The third kappa shape index (κ3) is 2.49. The van der Waals surface area contributed by atoms with Gasteiger partial charge in [0.2, 0.25) is 0 Å². The summed E-state index contributed by atoms with van der Waals surface area (Å²) >= 11 is 0. The highest BCUT2D eigenvalue weighted by atomic mass is 31.2. The number of fused-ring (bicyclic) bond motifs is 3. The van der Waals surface area contributed by atoms with Crippen molar-refractivity contribution in [3.63, 3.8) is 0 Å². The van der Waals surface area contributed by atoms with Crippen LogP contribution < -0.4 is 16.3 Å². The molecule has 4 heteroatoms. The van der Waals surface area contributed by atoms with Crippen molar-refractivity contribution in [2.75, 3.05) is 0 Å². The Hall–Kier alpha value is -3.42. The molecule has 3 aromatic heterocycles. The number of aryl methyl sites for hydroxylation is 3. The fourth-order valence-electron chi connectivity index (χ4n) is 5.27. The first kappa shape index (κ1) is 19.3. The Balaban J connectivity index is 1.77. The molecule has 6 rings (SSSR count). The second kappa shape index (κ2) is 6.79. The van der Waals surface area contributed by atoms with Crippen LogP contribution in [0.2, 0.25) is 0 Å². The molecular formula is C28H26N3P. The minimum Gasteiger partial charge on any atom is -0.343 e. The lowest BCUT2D eigenvalue weighted by atomic mass is 10.2. The summed E-state index contributed by atoms with van der Waals surface area (Å²) in [4.78, 5) is 0. The summed E-state index contributed by atoms with van der Waals surface area (Å²) < 4.78 is 7.06. The van der Waals surface area contributed by atoms with Gasteiger partial charge in [-0.15, -0.1) is 0 Å². The molecule has 0 saturated carbocycles. The quantitative estimate of drug-likeness (QED) is 0.352. The Labute approximate surface area is 188 Å². The Kier molecular flexibility index (Phi) is 4.09. The van der Waals surface area contributed by atoms with E-state index in [4.69, 9.17) is 6.30 Å². The number of hydrogen-bond acceptors (Lipinski definition) is 0. The van der Waals surface area contributed by atoms with E-state index in [1.54, 1.807) is 0 Å². The van der Waals surface area contributed by atoms with Crippen LogP contribution >= 0.6 is 6.89 Å². The molecule has 0 atom stereocenters. The summed E-state index contributed by atoms with van der Waals surface area (Å²) in [5, 5.41) is 3.78. The van der Waals surface area contributed by atoms with E-state index in [0.29, 0.717) is 0 Å². The zero-order chi connectivity index (χ0) is 22.0. The van der Waals surface area contributed by atoms with Gasteiger partial charge < -0.3 is 13.7 Å². The molecule has 0 N–H and O–H groups in total. The topological polar surface area (TPSA) is 14.8 Å².